The maximum atomic E-state index is 11.8. The molecular weight excluding hydrogens is 240 g/mol. The number of unbranched alkanes of at least 4 members (excludes halogenated alkanes) is 2. The van der Waals surface area contributed by atoms with Crippen LogP contribution < -0.4 is 0 Å². The zero-order valence-electron chi connectivity index (χ0n) is 11.9. The molecule has 0 bridgehead atoms. The van der Waals surface area contributed by atoms with Crippen molar-refractivity contribution in [3.8, 4) is 0 Å². The molecule has 0 spiro atoms. The van der Waals surface area contributed by atoms with Gasteiger partial charge in [-0.25, -0.2) is 0 Å². The molecule has 0 aromatic heterocycles. The third-order valence-corrected chi connectivity index (χ3v) is 4.00. The molecule has 0 radical (unpaired) electrons. The van der Waals surface area contributed by atoms with E-state index in [1.165, 1.54) is 0 Å². The Labute approximate surface area is 116 Å². The Bertz CT molecular complexity index is 320. The first-order valence-electron chi connectivity index (χ1n) is 7.54. The predicted octanol–water partition coefficient (Wildman–Crippen LogP) is 3.97. The maximum absolute atomic E-state index is 11.8. The van der Waals surface area contributed by atoms with Gasteiger partial charge in [0.25, 0.3) is 0 Å². The van der Waals surface area contributed by atoms with Crippen molar-refractivity contribution >= 4 is 11.8 Å². The number of carbonyl (C=O) groups excluding carboxylic acids is 1. The van der Waals surface area contributed by atoms with Crippen LogP contribution in [0.15, 0.2) is 12.2 Å². The van der Waals surface area contributed by atoms with Crippen molar-refractivity contribution in [1.29, 1.82) is 0 Å². The van der Waals surface area contributed by atoms with E-state index in [9.17, 15) is 9.59 Å². The van der Waals surface area contributed by atoms with E-state index in [-0.39, 0.29) is 12.3 Å². The van der Waals surface area contributed by atoms with Gasteiger partial charge in [-0.15, -0.1) is 0 Å². The Morgan fingerprint density at radius 3 is 2.79 bits per heavy atom. The Hall–Kier alpha value is -1.12. The SMILES string of the molecule is CC/C=C\C[C@H]1C(=O)CC[C@H]1CCCCCC(=O)O. The molecule has 0 amide bonds. The quantitative estimate of drug-likeness (QED) is 0.507. The van der Waals surface area contributed by atoms with Crippen LogP contribution in [-0.4, -0.2) is 16.9 Å². The van der Waals surface area contributed by atoms with Crippen LogP contribution in [0.25, 0.3) is 0 Å². The highest BCUT2D eigenvalue weighted by atomic mass is 16.4. The number of rotatable bonds is 9. The molecule has 0 aromatic rings. The molecule has 1 fully saturated rings. The van der Waals surface area contributed by atoms with Crippen LogP contribution >= 0.6 is 0 Å². The third-order valence-electron chi connectivity index (χ3n) is 4.00. The van der Waals surface area contributed by atoms with E-state index in [0.29, 0.717) is 11.7 Å². The standard InChI is InChI=1S/C16H26O3/c1-2-3-5-9-14-13(11-12-15(14)17)8-6-4-7-10-16(18)19/h3,5,13-14H,2,4,6-12H2,1H3,(H,18,19)/b5-3-/t13-,14-/m1/s1. The molecule has 3 heteroatoms. The lowest BCUT2D eigenvalue weighted by Gasteiger charge is -2.16. The molecule has 0 unspecified atom stereocenters. The number of ketones is 1. The monoisotopic (exact) mass is 266 g/mol. The van der Waals surface area contributed by atoms with Crippen molar-refractivity contribution < 1.29 is 14.7 Å². The fourth-order valence-electron chi connectivity index (χ4n) is 2.92. The molecule has 2 atom stereocenters. The Morgan fingerprint density at radius 1 is 1.32 bits per heavy atom. The van der Waals surface area contributed by atoms with Crippen molar-refractivity contribution in [2.75, 3.05) is 0 Å². The summed E-state index contributed by atoms with van der Waals surface area (Å²) in [5, 5.41) is 8.57. The van der Waals surface area contributed by atoms with E-state index in [4.69, 9.17) is 5.11 Å². The van der Waals surface area contributed by atoms with Crippen molar-refractivity contribution in [3.05, 3.63) is 12.2 Å². The van der Waals surface area contributed by atoms with E-state index in [1.807, 2.05) is 0 Å². The highest BCUT2D eigenvalue weighted by Crippen LogP contribution is 2.35. The Kier molecular flexibility index (Phi) is 7.46. The summed E-state index contributed by atoms with van der Waals surface area (Å²) in [6.07, 6.45) is 12.1. The second-order valence-corrected chi connectivity index (χ2v) is 5.48. The van der Waals surface area contributed by atoms with Gasteiger partial charge in [0.2, 0.25) is 0 Å². The van der Waals surface area contributed by atoms with Crippen molar-refractivity contribution in [3.63, 3.8) is 0 Å². The minimum Gasteiger partial charge on any atom is -0.481 e. The predicted molar refractivity (Wildman–Crippen MR) is 76.0 cm³/mol. The molecule has 3 nitrogen and oxygen atoms in total. The number of Topliss-reactive ketones (excluding diaryl/α,β-unsaturated/α-hetero) is 1. The summed E-state index contributed by atoms with van der Waals surface area (Å²) in [7, 11) is 0. The number of hydrogen-bond donors (Lipinski definition) is 1. The fraction of sp³-hybridized carbons (Fsp3) is 0.750. The molecule has 1 aliphatic rings. The molecule has 1 aliphatic carbocycles. The number of carboxylic acid groups (broad SMARTS) is 1. The number of allylic oxidation sites excluding steroid dienone is 2. The zero-order chi connectivity index (χ0) is 14.1. The van der Waals surface area contributed by atoms with E-state index in [0.717, 1.165) is 51.4 Å². The van der Waals surface area contributed by atoms with Crippen LogP contribution in [0.4, 0.5) is 0 Å². The van der Waals surface area contributed by atoms with Gasteiger partial charge in [0.15, 0.2) is 0 Å². The van der Waals surface area contributed by atoms with Gasteiger partial charge in [0, 0.05) is 18.8 Å². The van der Waals surface area contributed by atoms with Gasteiger partial charge in [-0.05, 0) is 38.0 Å². The minimum atomic E-state index is -0.710. The van der Waals surface area contributed by atoms with Crippen LogP contribution in [0.3, 0.4) is 0 Å². The second-order valence-electron chi connectivity index (χ2n) is 5.48. The van der Waals surface area contributed by atoms with Gasteiger partial charge < -0.3 is 5.11 Å². The summed E-state index contributed by atoms with van der Waals surface area (Å²) < 4.78 is 0. The van der Waals surface area contributed by atoms with Gasteiger partial charge in [-0.3, -0.25) is 9.59 Å². The number of carbonyl (C=O) groups is 2. The highest BCUT2D eigenvalue weighted by Gasteiger charge is 2.32. The smallest absolute Gasteiger partial charge is 0.303 e. The van der Waals surface area contributed by atoms with Crippen LogP contribution in [-0.2, 0) is 9.59 Å². The minimum absolute atomic E-state index is 0.224. The normalized spacial score (nSPS) is 23.3. The fourth-order valence-corrected chi connectivity index (χ4v) is 2.92. The molecule has 0 aliphatic heterocycles. The summed E-state index contributed by atoms with van der Waals surface area (Å²) in [5.74, 6) is 0.469. The van der Waals surface area contributed by atoms with E-state index in [1.54, 1.807) is 0 Å². The van der Waals surface area contributed by atoms with Crippen LogP contribution in [0.5, 0.6) is 0 Å². The lowest BCUT2D eigenvalue weighted by atomic mass is 9.88. The van der Waals surface area contributed by atoms with Gasteiger partial charge >= 0.3 is 5.97 Å². The van der Waals surface area contributed by atoms with Crippen molar-refractivity contribution in [2.45, 2.75) is 64.7 Å². The molecule has 1 N–H and O–H groups in total. The third kappa shape index (κ3) is 6.04. The van der Waals surface area contributed by atoms with Crippen LogP contribution in [0, 0.1) is 11.8 Å². The molecule has 0 heterocycles. The maximum Gasteiger partial charge on any atom is 0.303 e. The topological polar surface area (TPSA) is 54.4 Å². The average molecular weight is 266 g/mol. The average Bonchev–Trinajstić information content (AvgIpc) is 2.71. The lowest BCUT2D eigenvalue weighted by molar-refractivity contribution is -0.137. The molecule has 108 valence electrons. The van der Waals surface area contributed by atoms with Gasteiger partial charge in [0.1, 0.15) is 5.78 Å². The van der Waals surface area contributed by atoms with Gasteiger partial charge in [-0.2, -0.15) is 0 Å². The molecular formula is C16H26O3. The highest BCUT2D eigenvalue weighted by molar-refractivity contribution is 5.83. The Balaban J connectivity index is 2.25. The number of hydrogen-bond acceptors (Lipinski definition) is 2. The summed E-state index contributed by atoms with van der Waals surface area (Å²) in [6, 6.07) is 0. The van der Waals surface area contributed by atoms with Gasteiger partial charge in [-0.1, -0.05) is 31.9 Å². The first kappa shape index (κ1) is 15.9. The molecule has 0 aromatic carbocycles. The summed E-state index contributed by atoms with van der Waals surface area (Å²) in [6.45, 7) is 2.10. The summed E-state index contributed by atoms with van der Waals surface area (Å²) in [4.78, 5) is 22.3. The van der Waals surface area contributed by atoms with Crippen molar-refractivity contribution in [2.24, 2.45) is 11.8 Å². The molecule has 1 rings (SSSR count). The second kappa shape index (κ2) is 8.89. The van der Waals surface area contributed by atoms with Crippen LogP contribution in [0.2, 0.25) is 0 Å². The van der Waals surface area contributed by atoms with E-state index in [2.05, 4.69) is 19.1 Å². The first-order chi connectivity index (χ1) is 9.15. The molecule has 1 saturated carbocycles. The summed E-state index contributed by atoms with van der Waals surface area (Å²) >= 11 is 0. The van der Waals surface area contributed by atoms with Gasteiger partial charge in [0.05, 0.1) is 0 Å². The zero-order valence-corrected chi connectivity index (χ0v) is 11.9. The van der Waals surface area contributed by atoms with E-state index >= 15 is 0 Å². The van der Waals surface area contributed by atoms with Crippen LogP contribution in [0.1, 0.15) is 64.7 Å². The number of carboxylic acids is 1. The lowest BCUT2D eigenvalue weighted by Crippen LogP contribution is -2.14. The molecule has 0 saturated heterocycles. The van der Waals surface area contributed by atoms with Crippen molar-refractivity contribution in [1.82, 2.24) is 0 Å². The Morgan fingerprint density at radius 2 is 2.11 bits per heavy atom. The first-order valence-corrected chi connectivity index (χ1v) is 7.54. The largest absolute Gasteiger partial charge is 0.481 e. The summed E-state index contributed by atoms with van der Waals surface area (Å²) in [5.41, 5.74) is 0. The van der Waals surface area contributed by atoms with E-state index < -0.39 is 5.97 Å². The molecule has 19 heavy (non-hydrogen) atoms. The number of aliphatic carboxylic acids is 1.